The summed E-state index contributed by atoms with van der Waals surface area (Å²) in [5.74, 6) is -0.804. The van der Waals surface area contributed by atoms with Gasteiger partial charge in [-0.1, -0.05) is 0 Å². The second kappa shape index (κ2) is 15.8. The predicted octanol–water partition coefficient (Wildman–Crippen LogP) is 2.49. The van der Waals surface area contributed by atoms with Gasteiger partial charge < -0.3 is 25.0 Å². The molecule has 2 N–H and O–H groups in total. The second-order valence-corrected chi connectivity index (χ2v) is 5.76. The Hall–Kier alpha value is -1.20. The lowest BCUT2D eigenvalue weighted by atomic mass is 10.3. The molecule has 1 aromatic carbocycles. The highest BCUT2D eigenvalue weighted by Crippen LogP contribution is 2.14. The molecule has 0 saturated heterocycles. The van der Waals surface area contributed by atoms with Gasteiger partial charge in [-0.25, -0.2) is 8.78 Å². The molecule has 9 heteroatoms. The van der Waals surface area contributed by atoms with Gasteiger partial charge >= 0.3 is 0 Å². The maximum absolute atomic E-state index is 13.1. The highest BCUT2D eigenvalue weighted by Gasteiger charge is 2.03. The molecule has 0 aliphatic carbocycles. The van der Waals surface area contributed by atoms with Gasteiger partial charge in [0.1, 0.15) is 12.4 Å². The predicted molar refractivity (Wildman–Crippen MR) is 115 cm³/mol. The molecule has 0 saturated carbocycles. The third-order valence-electron chi connectivity index (χ3n) is 3.54. The summed E-state index contributed by atoms with van der Waals surface area (Å²) in [6.45, 7) is 6.80. The number of benzene rings is 1. The van der Waals surface area contributed by atoms with E-state index in [-0.39, 0.29) is 24.0 Å². The molecule has 0 aromatic heterocycles. The van der Waals surface area contributed by atoms with Gasteiger partial charge in [0, 0.05) is 39.4 Å². The molecule has 6 nitrogen and oxygen atoms in total. The van der Waals surface area contributed by atoms with Crippen LogP contribution in [0.3, 0.4) is 0 Å². The van der Waals surface area contributed by atoms with Crippen molar-refractivity contribution in [2.24, 2.45) is 4.99 Å². The van der Waals surface area contributed by atoms with E-state index in [2.05, 4.69) is 27.6 Å². The zero-order valence-corrected chi connectivity index (χ0v) is 18.6. The largest absolute Gasteiger partial charge is 0.492 e. The lowest BCUT2D eigenvalue weighted by Crippen LogP contribution is -2.39. The number of nitrogens with zero attached hydrogens (tertiary/aromatic N) is 2. The summed E-state index contributed by atoms with van der Waals surface area (Å²) in [5.41, 5.74) is 0. The zero-order valence-electron chi connectivity index (χ0n) is 16.3. The topological polar surface area (TPSA) is 58.1 Å². The highest BCUT2D eigenvalue weighted by molar-refractivity contribution is 14.0. The van der Waals surface area contributed by atoms with Crippen molar-refractivity contribution in [2.45, 2.75) is 13.3 Å². The molecule has 0 spiro atoms. The number of halogens is 3. The number of aliphatic imine (C=N–C) groups is 1. The number of methoxy groups -OCH3 is 1. The molecule has 0 fully saturated rings. The second-order valence-electron chi connectivity index (χ2n) is 5.76. The minimum Gasteiger partial charge on any atom is -0.492 e. The van der Waals surface area contributed by atoms with Gasteiger partial charge in [-0.05, 0) is 32.5 Å². The van der Waals surface area contributed by atoms with Gasteiger partial charge in [-0.3, -0.25) is 4.99 Å². The molecular weight excluding hydrogens is 469 g/mol. The van der Waals surface area contributed by atoms with E-state index in [0.717, 1.165) is 44.8 Å². The Labute approximate surface area is 177 Å². The molecule has 1 aromatic rings. The lowest BCUT2D eigenvalue weighted by molar-refractivity contribution is 0.180. The van der Waals surface area contributed by atoms with E-state index >= 15 is 0 Å². The van der Waals surface area contributed by atoms with Crippen molar-refractivity contribution in [1.29, 1.82) is 0 Å². The number of hydrogen-bond acceptors (Lipinski definition) is 4. The maximum atomic E-state index is 13.1. The Morgan fingerprint density at radius 2 is 1.93 bits per heavy atom. The fourth-order valence-electron chi connectivity index (χ4n) is 2.17. The quantitative estimate of drug-likeness (QED) is 0.200. The number of nitrogens with one attached hydrogen (secondary N) is 2. The van der Waals surface area contributed by atoms with Gasteiger partial charge in [0.25, 0.3) is 0 Å². The highest BCUT2D eigenvalue weighted by atomic mass is 127. The first-order chi connectivity index (χ1) is 12.6. The van der Waals surface area contributed by atoms with Crippen LogP contribution in [-0.4, -0.2) is 71.0 Å². The van der Waals surface area contributed by atoms with E-state index < -0.39 is 11.6 Å². The van der Waals surface area contributed by atoms with Gasteiger partial charge in [-0.2, -0.15) is 0 Å². The normalized spacial score (nSPS) is 11.3. The Morgan fingerprint density at radius 3 is 2.59 bits per heavy atom. The Balaban J connectivity index is 0.00000676. The maximum Gasteiger partial charge on any atom is 0.191 e. The van der Waals surface area contributed by atoms with Crippen molar-refractivity contribution in [1.82, 2.24) is 15.5 Å². The average molecular weight is 500 g/mol. The van der Waals surface area contributed by atoms with Crippen LogP contribution >= 0.6 is 24.0 Å². The number of ether oxygens (including phenoxy) is 2. The van der Waals surface area contributed by atoms with E-state index in [1.165, 1.54) is 6.07 Å². The van der Waals surface area contributed by atoms with Crippen molar-refractivity contribution < 1.29 is 18.3 Å². The first kappa shape index (κ1) is 25.8. The molecule has 27 heavy (non-hydrogen) atoms. The van der Waals surface area contributed by atoms with Crippen LogP contribution in [0.25, 0.3) is 0 Å². The summed E-state index contributed by atoms with van der Waals surface area (Å²) in [7, 11) is 3.76. The molecule has 0 aliphatic rings. The molecule has 156 valence electrons. The first-order valence-corrected chi connectivity index (χ1v) is 8.84. The van der Waals surface area contributed by atoms with Crippen LogP contribution in [0.15, 0.2) is 23.2 Å². The van der Waals surface area contributed by atoms with Crippen molar-refractivity contribution in [3.63, 3.8) is 0 Å². The summed E-state index contributed by atoms with van der Waals surface area (Å²) in [6.07, 6.45) is 0.996. The molecule has 0 radical (unpaired) electrons. The standard InChI is InChI=1S/C18H30F2N4O2.HI/c1-4-21-18(22-8-11-24(2)10-5-12-25-3)23-9-13-26-15-6-7-16(19)17(20)14-15;/h6-7,14H,4-5,8-13H2,1-3H3,(H2,21,22,23);1H. The molecule has 0 bridgehead atoms. The van der Waals surface area contributed by atoms with Crippen LogP contribution in [0.2, 0.25) is 0 Å². The number of guanidine groups is 1. The molecule has 1 rings (SSSR count). The van der Waals surface area contributed by atoms with E-state index in [1.807, 2.05) is 6.92 Å². The third kappa shape index (κ3) is 12.0. The van der Waals surface area contributed by atoms with Crippen molar-refractivity contribution in [3.8, 4) is 5.75 Å². The van der Waals surface area contributed by atoms with Gasteiger partial charge in [-0.15, -0.1) is 24.0 Å². The third-order valence-corrected chi connectivity index (χ3v) is 3.54. The number of rotatable bonds is 12. The van der Waals surface area contributed by atoms with Crippen LogP contribution in [0.4, 0.5) is 8.78 Å². The van der Waals surface area contributed by atoms with Crippen LogP contribution in [-0.2, 0) is 4.74 Å². The Morgan fingerprint density at radius 1 is 1.15 bits per heavy atom. The minimum atomic E-state index is -0.917. The number of hydrogen-bond donors (Lipinski definition) is 2. The summed E-state index contributed by atoms with van der Waals surface area (Å²) in [4.78, 5) is 6.71. The molecular formula is C18H31F2IN4O2. The first-order valence-electron chi connectivity index (χ1n) is 8.84. The molecule has 0 heterocycles. The zero-order chi connectivity index (χ0) is 19.2. The Kier molecular flexibility index (Phi) is 15.1. The van der Waals surface area contributed by atoms with E-state index in [9.17, 15) is 8.78 Å². The van der Waals surface area contributed by atoms with Crippen molar-refractivity contribution in [2.75, 3.05) is 60.1 Å². The summed E-state index contributed by atoms with van der Waals surface area (Å²) >= 11 is 0. The fraction of sp³-hybridized carbons (Fsp3) is 0.611. The molecule has 0 atom stereocenters. The monoisotopic (exact) mass is 500 g/mol. The van der Waals surface area contributed by atoms with Gasteiger partial charge in [0.05, 0.1) is 13.1 Å². The van der Waals surface area contributed by atoms with Gasteiger partial charge in [0.2, 0.25) is 0 Å². The van der Waals surface area contributed by atoms with Crippen LogP contribution in [0.5, 0.6) is 5.75 Å². The summed E-state index contributed by atoms with van der Waals surface area (Å²) in [5, 5.41) is 6.31. The summed E-state index contributed by atoms with van der Waals surface area (Å²) < 4.78 is 36.4. The molecule has 0 unspecified atom stereocenters. The lowest BCUT2D eigenvalue weighted by Gasteiger charge is -2.16. The van der Waals surface area contributed by atoms with E-state index in [4.69, 9.17) is 9.47 Å². The van der Waals surface area contributed by atoms with E-state index in [1.54, 1.807) is 7.11 Å². The molecule has 0 aliphatic heterocycles. The smallest absolute Gasteiger partial charge is 0.191 e. The van der Waals surface area contributed by atoms with Crippen LogP contribution < -0.4 is 15.4 Å². The average Bonchev–Trinajstić information content (AvgIpc) is 2.62. The van der Waals surface area contributed by atoms with E-state index in [0.29, 0.717) is 31.4 Å². The fourth-order valence-corrected chi connectivity index (χ4v) is 2.17. The number of likely N-dealkylation sites (N-methyl/N-ethyl adjacent to an activating group) is 1. The molecule has 0 amide bonds. The Bertz CT molecular complexity index is 550. The van der Waals surface area contributed by atoms with Crippen LogP contribution in [0, 0.1) is 11.6 Å². The van der Waals surface area contributed by atoms with Crippen molar-refractivity contribution >= 4 is 29.9 Å². The van der Waals surface area contributed by atoms with Gasteiger partial charge in [0.15, 0.2) is 17.6 Å². The summed E-state index contributed by atoms with van der Waals surface area (Å²) in [6, 6.07) is 3.48. The van der Waals surface area contributed by atoms with Crippen LogP contribution in [0.1, 0.15) is 13.3 Å². The minimum absolute atomic E-state index is 0. The SMILES string of the molecule is CCNC(=NCCN(C)CCCOC)NCCOc1ccc(F)c(F)c1.I. The van der Waals surface area contributed by atoms with Crippen molar-refractivity contribution in [3.05, 3.63) is 29.8 Å².